The maximum absolute atomic E-state index is 11.9. The summed E-state index contributed by atoms with van der Waals surface area (Å²) in [4.78, 5) is 19.0. The maximum atomic E-state index is 11.9. The first-order valence-corrected chi connectivity index (χ1v) is 7.88. The van der Waals surface area contributed by atoms with Crippen LogP contribution in [0.4, 0.5) is 4.79 Å². The first-order chi connectivity index (χ1) is 9.44. The quantitative estimate of drug-likeness (QED) is 0.927. The van der Waals surface area contributed by atoms with Gasteiger partial charge in [0, 0.05) is 37.3 Å². The van der Waals surface area contributed by atoms with Gasteiger partial charge in [-0.25, -0.2) is 4.79 Å². The van der Waals surface area contributed by atoms with Crippen molar-refractivity contribution in [2.75, 3.05) is 19.6 Å². The molecule has 1 aliphatic rings. The number of nitrogens with one attached hydrogen (secondary N) is 1. The molecule has 1 aliphatic heterocycles. The predicted octanol–water partition coefficient (Wildman–Crippen LogP) is 2.49. The smallest absolute Gasteiger partial charge is 0.410 e. The molecule has 0 radical (unpaired) electrons. The number of carbonyl (C=O) groups is 1. The molecule has 5 nitrogen and oxygen atoms in total. The Hall–Kier alpha value is -1.14. The van der Waals surface area contributed by atoms with Crippen LogP contribution in [0.1, 0.15) is 32.1 Å². The van der Waals surface area contributed by atoms with Gasteiger partial charge in [-0.15, -0.1) is 11.3 Å². The Morgan fingerprint density at radius 2 is 2.40 bits per heavy atom. The number of thiazole rings is 1. The molecule has 0 saturated carbocycles. The molecule has 6 heteroatoms. The van der Waals surface area contributed by atoms with Crippen LogP contribution in [0, 0.1) is 5.92 Å². The van der Waals surface area contributed by atoms with Gasteiger partial charge >= 0.3 is 6.09 Å². The number of nitrogens with zero attached hydrogens (tertiary/aromatic N) is 2. The van der Waals surface area contributed by atoms with Gasteiger partial charge in [-0.3, -0.25) is 4.98 Å². The number of aromatic nitrogens is 1. The number of ether oxygens (including phenoxy) is 1. The molecular weight excluding hydrogens is 274 g/mol. The number of amides is 1. The Morgan fingerprint density at radius 3 is 3.05 bits per heavy atom. The molecule has 1 aromatic heterocycles. The lowest BCUT2D eigenvalue weighted by Gasteiger charge is -2.24. The molecule has 112 valence electrons. The Bertz CT molecular complexity index is 428. The van der Waals surface area contributed by atoms with E-state index in [0.717, 1.165) is 32.6 Å². The van der Waals surface area contributed by atoms with Crippen molar-refractivity contribution in [3.63, 3.8) is 0 Å². The lowest BCUT2D eigenvalue weighted by Crippen LogP contribution is -2.36. The first-order valence-electron chi connectivity index (χ1n) is 7.00. The van der Waals surface area contributed by atoms with E-state index in [2.05, 4.69) is 10.3 Å². The van der Waals surface area contributed by atoms with Crippen molar-refractivity contribution in [1.82, 2.24) is 15.2 Å². The highest BCUT2D eigenvalue weighted by atomic mass is 32.1. The van der Waals surface area contributed by atoms with Gasteiger partial charge in [-0.1, -0.05) is 0 Å². The fourth-order valence-corrected chi connectivity index (χ4v) is 2.78. The largest absolute Gasteiger partial charge is 0.444 e. The summed E-state index contributed by atoms with van der Waals surface area (Å²) in [7, 11) is 0. The van der Waals surface area contributed by atoms with Crippen LogP contribution in [0.5, 0.6) is 0 Å². The minimum absolute atomic E-state index is 0.192. The van der Waals surface area contributed by atoms with Crippen molar-refractivity contribution < 1.29 is 9.53 Å². The number of hydrogen-bond acceptors (Lipinski definition) is 5. The molecule has 1 amide bonds. The molecule has 1 saturated heterocycles. The van der Waals surface area contributed by atoms with Gasteiger partial charge in [0.1, 0.15) is 5.60 Å². The zero-order valence-electron chi connectivity index (χ0n) is 12.4. The molecule has 0 spiro atoms. The van der Waals surface area contributed by atoms with Crippen molar-refractivity contribution in [2.45, 2.75) is 39.3 Å². The van der Waals surface area contributed by atoms with Crippen molar-refractivity contribution in [3.8, 4) is 0 Å². The molecule has 20 heavy (non-hydrogen) atoms. The van der Waals surface area contributed by atoms with Gasteiger partial charge in [-0.05, 0) is 33.1 Å². The van der Waals surface area contributed by atoms with Crippen LogP contribution < -0.4 is 5.32 Å². The summed E-state index contributed by atoms with van der Waals surface area (Å²) in [6.45, 7) is 9.05. The van der Waals surface area contributed by atoms with Gasteiger partial charge < -0.3 is 15.0 Å². The van der Waals surface area contributed by atoms with Gasteiger partial charge in [0.2, 0.25) is 0 Å². The van der Waals surface area contributed by atoms with Gasteiger partial charge in [0.25, 0.3) is 0 Å². The SMILES string of the molecule is CC(C)(C)OC(=O)N1CC[C@H](CNCc2cncs2)C1. The third-order valence-electron chi connectivity index (χ3n) is 3.15. The number of carbonyl (C=O) groups excluding carboxylic acids is 1. The van der Waals surface area contributed by atoms with Crippen molar-refractivity contribution in [2.24, 2.45) is 5.92 Å². The van der Waals surface area contributed by atoms with E-state index in [1.54, 1.807) is 11.3 Å². The van der Waals surface area contributed by atoms with Gasteiger partial charge in [0.15, 0.2) is 0 Å². The number of likely N-dealkylation sites (tertiary alicyclic amines) is 1. The molecule has 0 aromatic carbocycles. The second kappa shape index (κ2) is 6.54. The molecule has 2 heterocycles. The van der Waals surface area contributed by atoms with E-state index in [1.165, 1.54) is 4.88 Å². The van der Waals surface area contributed by atoms with Crippen molar-refractivity contribution in [3.05, 3.63) is 16.6 Å². The molecule has 2 rings (SSSR count). The molecule has 0 aliphatic carbocycles. The van der Waals surface area contributed by atoms with Crippen LogP contribution in [0.2, 0.25) is 0 Å². The first kappa shape index (κ1) is 15.3. The lowest BCUT2D eigenvalue weighted by atomic mass is 10.1. The average Bonchev–Trinajstić information content (AvgIpc) is 2.97. The molecular formula is C14H23N3O2S. The van der Waals surface area contributed by atoms with Crippen molar-refractivity contribution >= 4 is 17.4 Å². The lowest BCUT2D eigenvalue weighted by molar-refractivity contribution is 0.0288. The van der Waals surface area contributed by atoms with Crippen LogP contribution in [-0.2, 0) is 11.3 Å². The molecule has 0 bridgehead atoms. The summed E-state index contributed by atoms with van der Waals surface area (Å²) in [5, 5.41) is 3.43. The summed E-state index contributed by atoms with van der Waals surface area (Å²) in [5.41, 5.74) is 1.43. The molecule has 1 fully saturated rings. The van der Waals surface area contributed by atoms with Crippen molar-refractivity contribution in [1.29, 1.82) is 0 Å². The zero-order chi connectivity index (χ0) is 14.6. The average molecular weight is 297 g/mol. The van der Waals surface area contributed by atoms with Crippen LogP contribution in [0.25, 0.3) is 0 Å². The highest BCUT2D eigenvalue weighted by Gasteiger charge is 2.29. The van der Waals surface area contributed by atoms with Gasteiger partial charge in [0.05, 0.1) is 5.51 Å². The predicted molar refractivity (Wildman–Crippen MR) is 79.7 cm³/mol. The Balaban J connectivity index is 1.68. The summed E-state index contributed by atoms with van der Waals surface area (Å²) >= 11 is 1.66. The van der Waals surface area contributed by atoms with E-state index >= 15 is 0 Å². The second-order valence-corrected chi connectivity index (χ2v) is 7.15. The molecule has 0 unspecified atom stereocenters. The van der Waals surface area contributed by atoms with E-state index < -0.39 is 5.60 Å². The summed E-state index contributed by atoms with van der Waals surface area (Å²) in [6, 6.07) is 0. The molecule has 1 N–H and O–H groups in total. The normalized spacial score (nSPS) is 19.4. The Kier molecular flexibility index (Phi) is 4.99. The second-order valence-electron chi connectivity index (χ2n) is 6.18. The highest BCUT2D eigenvalue weighted by molar-refractivity contribution is 7.09. The minimum Gasteiger partial charge on any atom is -0.444 e. The zero-order valence-corrected chi connectivity index (χ0v) is 13.2. The van der Waals surface area contributed by atoms with E-state index in [4.69, 9.17) is 4.74 Å². The topological polar surface area (TPSA) is 54.5 Å². The number of rotatable bonds is 4. The van der Waals surface area contributed by atoms with E-state index in [9.17, 15) is 4.79 Å². The minimum atomic E-state index is -0.417. The van der Waals surface area contributed by atoms with Crippen LogP contribution in [0.15, 0.2) is 11.7 Å². The standard InChI is InChI=1S/C14H23N3O2S/c1-14(2,3)19-13(18)17-5-4-11(9-17)6-15-7-12-8-16-10-20-12/h8,10-11,15H,4-7,9H2,1-3H3/t11-/m1/s1. The van der Waals surface area contributed by atoms with Gasteiger partial charge in [-0.2, -0.15) is 0 Å². The third kappa shape index (κ3) is 4.76. The Labute approximate surface area is 124 Å². The summed E-state index contributed by atoms with van der Waals surface area (Å²) < 4.78 is 5.39. The van der Waals surface area contributed by atoms with Crippen LogP contribution >= 0.6 is 11.3 Å². The maximum Gasteiger partial charge on any atom is 0.410 e. The van der Waals surface area contributed by atoms with Crippen LogP contribution in [0.3, 0.4) is 0 Å². The number of hydrogen-bond donors (Lipinski definition) is 1. The summed E-state index contributed by atoms with van der Waals surface area (Å²) in [6.07, 6.45) is 2.73. The summed E-state index contributed by atoms with van der Waals surface area (Å²) in [5.74, 6) is 0.510. The van der Waals surface area contributed by atoms with E-state index in [1.807, 2.05) is 37.4 Å². The molecule has 1 atom stereocenters. The monoisotopic (exact) mass is 297 g/mol. The van der Waals surface area contributed by atoms with E-state index in [0.29, 0.717) is 5.92 Å². The third-order valence-corrected chi connectivity index (χ3v) is 3.93. The molecule has 1 aromatic rings. The Morgan fingerprint density at radius 1 is 1.60 bits per heavy atom. The fourth-order valence-electron chi connectivity index (χ4n) is 2.22. The van der Waals surface area contributed by atoms with Crippen LogP contribution in [-0.4, -0.2) is 41.2 Å². The van der Waals surface area contributed by atoms with E-state index in [-0.39, 0.29) is 6.09 Å². The fraction of sp³-hybridized carbons (Fsp3) is 0.714. The highest BCUT2D eigenvalue weighted by Crippen LogP contribution is 2.19.